The number of aliphatic hydroxyl groups is 1. The molecule has 6 rings (SSSR count). The number of halogens is 1. The lowest BCUT2D eigenvalue weighted by molar-refractivity contribution is -0.136. The molecule has 4 saturated carbocycles. The van der Waals surface area contributed by atoms with Gasteiger partial charge in [0.05, 0.1) is 16.9 Å². The van der Waals surface area contributed by atoms with Crippen LogP contribution in [0.25, 0.3) is 11.3 Å². The van der Waals surface area contributed by atoms with Gasteiger partial charge in [-0.1, -0.05) is 29.8 Å². The van der Waals surface area contributed by atoms with Crippen molar-refractivity contribution in [2.75, 3.05) is 0 Å². The molecule has 0 spiro atoms. The second kappa shape index (κ2) is 6.53. The number of carbonyl (C=O) groups is 1. The van der Waals surface area contributed by atoms with E-state index in [4.69, 9.17) is 11.6 Å². The standard InChI is InChI=1S/C22H24ClN3O2/c1-12-24-11-17(20(25-12)16-4-2-3-5-18(16)23)21(27)26-19-14-6-13-7-15(19)10-22(28,8-13)9-14/h2-5,11,13-15,19,28H,6-10H2,1H3,(H,26,27). The number of hydrogen-bond donors (Lipinski definition) is 2. The molecule has 5 nitrogen and oxygen atoms in total. The molecule has 0 aliphatic heterocycles. The summed E-state index contributed by atoms with van der Waals surface area (Å²) in [7, 11) is 0. The van der Waals surface area contributed by atoms with Crippen molar-refractivity contribution in [3.05, 3.63) is 46.9 Å². The van der Waals surface area contributed by atoms with Crippen LogP contribution in [0.3, 0.4) is 0 Å². The summed E-state index contributed by atoms with van der Waals surface area (Å²) in [5.41, 5.74) is 1.25. The molecule has 2 aromatic rings. The van der Waals surface area contributed by atoms with Crippen molar-refractivity contribution in [2.45, 2.75) is 50.7 Å². The highest BCUT2D eigenvalue weighted by molar-refractivity contribution is 6.33. The summed E-state index contributed by atoms with van der Waals surface area (Å²) in [6.07, 6.45) is 6.33. The van der Waals surface area contributed by atoms with Gasteiger partial charge in [0.25, 0.3) is 5.91 Å². The van der Waals surface area contributed by atoms with Crippen LogP contribution < -0.4 is 5.32 Å². The van der Waals surface area contributed by atoms with Gasteiger partial charge in [-0.05, 0) is 62.8 Å². The summed E-state index contributed by atoms with van der Waals surface area (Å²) >= 11 is 6.37. The molecule has 146 valence electrons. The molecule has 1 amide bonds. The highest BCUT2D eigenvalue weighted by Gasteiger charge is 2.55. The molecule has 1 heterocycles. The van der Waals surface area contributed by atoms with Gasteiger partial charge in [0.1, 0.15) is 5.82 Å². The van der Waals surface area contributed by atoms with Crippen molar-refractivity contribution < 1.29 is 9.90 Å². The van der Waals surface area contributed by atoms with Crippen LogP contribution in [0.15, 0.2) is 30.5 Å². The third-order valence-electron chi connectivity index (χ3n) is 6.82. The molecule has 4 fully saturated rings. The highest BCUT2D eigenvalue weighted by atomic mass is 35.5. The Bertz CT molecular complexity index is 931. The largest absolute Gasteiger partial charge is 0.390 e. The van der Waals surface area contributed by atoms with Gasteiger partial charge in [0, 0.05) is 22.8 Å². The SMILES string of the molecule is Cc1ncc(C(=O)NC2C3CC4CC2CC(O)(C4)C3)c(-c2ccccc2Cl)n1. The minimum atomic E-state index is -0.507. The van der Waals surface area contributed by atoms with E-state index in [0.29, 0.717) is 39.9 Å². The number of aromatic nitrogens is 2. The Kier molecular flexibility index (Phi) is 4.21. The summed E-state index contributed by atoms with van der Waals surface area (Å²) in [4.78, 5) is 22.0. The zero-order valence-corrected chi connectivity index (χ0v) is 16.6. The molecular formula is C22H24ClN3O2. The van der Waals surface area contributed by atoms with Crippen LogP contribution in [-0.2, 0) is 0 Å². The second-order valence-electron chi connectivity index (χ2n) is 8.85. The smallest absolute Gasteiger partial charge is 0.255 e. The predicted molar refractivity (Wildman–Crippen MR) is 107 cm³/mol. The number of hydrogen-bond acceptors (Lipinski definition) is 4. The summed E-state index contributed by atoms with van der Waals surface area (Å²) < 4.78 is 0. The Morgan fingerprint density at radius 3 is 2.61 bits per heavy atom. The predicted octanol–water partition coefficient (Wildman–Crippen LogP) is 3.77. The third-order valence-corrected chi connectivity index (χ3v) is 7.15. The van der Waals surface area contributed by atoms with Gasteiger partial charge in [-0.25, -0.2) is 9.97 Å². The molecule has 6 heteroatoms. The maximum Gasteiger partial charge on any atom is 0.255 e. The van der Waals surface area contributed by atoms with Crippen molar-refractivity contribution in [1.82, 2.24) is 15.3 Å². The van der Waals surface area contributed by atoms with Gasteiger partial charge in [-0.3, -0.25) is 4.79 Å². The number of aryl methyl sites for hydroxylation is 1. The van der Waals surface area contributed by atoms with E-state index in [-0.39, 0.29) is 11.9 Å². The Morgan fingerprint density at radius 2 is 1.93 bits per heavy atom. The molecule has 4 bridgehead atoms. The zero-order valence-electron chi connectivity index (χ0n) is 15.9. The summed E-state index contributed by atoms with van der Waals surface area (Å²) in [6.45, 7) is 1.81. The van der Waals surface area contributed by atoms with E-state index < -0.39 is 5.60 Å². The number of amides is 1. The van der Waals surface area contributed by atoms with Crippen molar-refractivity contribution in [2.24, 2.45) is 17.8 Å². The molecule has 2 atom stereocenters. The number of benzene rings is 1. The molecule has 28 heavy (non-hydrogen) atoms. The zero-order chi connectivity index (χ0) is 19.5. The third kappa shape index (κ3) is 3.01. The van der Waals surface area contributed by atoms with Gasteiger partial charge >= 0.3 is 0 Å². The molecule has 0 radical (unpaired) electrons. The van der Waals surface area contributed by atoms with Crippen LogP contribution in [0.2, 0.25) is 5.02 Å². The number of nitrogens with zero attached hydrogens (tertiary/aromatic N) is 2. The molecule has 0 saturated heterocycles. The number of rotatable bonds is 3. The first-order valence-corrected chi connectivity index (χ1v) is 10.4. The number of carbonyl (C=O) groups excluding carboxylic acids is 1. The molecule has 2 N–H and O–H groups in total. The lowest BCUT2D eigenvalue weighted by Gasteiger charge is -2.58. The van der Waals surface area contributed by atoms with Crippen LogP contribution in [0, 0.1) is 24.7 Å². The fraction of sp³-hybridized carbons (Fsp3) is 0.500. The minimum absolute atomic E-state index is 0.115. The maximum atomic E-state index is 13.2. The van der Waals surface area contributed by atoms with Crippen molar-refractivity contribution in [3.8, 4) is 11.3 Å². The molecule has 2 unspecified atom stereocenters. The first-order valence-electron chi connectivity index (χ1n) is 10.0. The normalized spacial score (nSPS) is 33.1. The average molecular weight is 398 g/mol. The summed E-state index contributed by atoms with van der Waals surface area (Å²) in [5.74, 6) is 1.77. The minimum Gasteiger partial charge on any atom is -0.390 e. The van der Waals surface area contributed by atoms with Crippen molar-refractivity contribution in [3.63, 3.8) is 0 Å². The van der Waals surface area contributed by atoms with E-state index in [1.165, 1.54) is 0 Å². The van der Waals surface area contributed by atoms with Crippen LogP contribution in [0.4, 0.5) is 0 Å². The Hall–Kier alpha value is -1.98. The van der Waals surface area contributed by atoms with Gasteiger partial charge in [0.2, 0.25) is 0 Å². The molecule has 1 aromatic heterocycles. The maximum absolute atomic E-state index is 13.2. The van der Waals surface area contributed by atoms with Crippen LogP contribution >= 0.6 is 11.6 Å². The first-order chi connectivity index (χ1) is 13.4. The van der Waals surface area contributed by atoms with Crippen LogP contribution in [0.5, 0.6) is 0 Å². The van der Waals surface area contributed by atoms with E-state index in [1.807, 2.05) is 18.2 Å². The van der Waals surface area contributed by atoms with Gasteiger partial charge in [-0.15, -0.1) is 0 Å². The van der Waals surface area contributed by atoms with E-state index >= 15 is 0 Å². The van der Waals surface area contributed by atoms with E-state index in [9.17, 15) is 9.90 Å². The highest BCUT2D eigenvalue weighted by Crippen LogP contribution is 2.55. The lowest BCUT2D eigenvalue weighted by Crippen LogP contribution is -2.61. The molecule has 4 aliphatic rings. The number of nitrogens with one attached hydrogen (secondary N) is 1. The van der Waals surface area contributed by atoms with Gasteiger partial charge in [0.15, 0.2) is 0 Å². The summed E-state index contributed by atoms with van der Waals surface area (Å²) in [5, 5.41) is 14.6. The molecular weight excluding hydrogens is 374 g/mol. The fourth-order valence-corrected chi connectivity index (χ4v) is 6.17. The van der Waals surface area contributed by atoms with Gasteiger partial charge < -0.3 is 10.4 Å². The van der Waals surface area contributed by atoms with Crippen molar-refractivity contribution >= 4 is 17.5 Å². The van der Waals surface area contributed by atoms with E-state index in [2.05, 4.69) is 15.3 Å². The summed E-state index contributed by atoms with van der Waals surface area (Å²) in [6, 6.07) is 7.54. The topological polar surface area (TPSA) is 75.1 Å². The van der Waals surface area contributed by atoms with Gasteiger partial charge in [-0.2, -0.15) is 0 Å². The average Bonchev–Trinajstić information content (AvgIpc) is 2.63. The first kappa shape index (κ1) is 18.1. The van der Waals surface area contributed by atoms with E-state index in [0.717, 1.165) is 37.7 Å². The Labute approximate surface area is 169 Å². The quantitative estimate of drug-likeness (QED) is 0.826. The Balaban J connectivity index is 1.45. The monoisotopic (exact) mass is 397 g/mol. The van der Waals surface area contributed by atoms with Crippen LogP contribution in [0.1, 0.15) is 48.3 Å². The fourth-order valence-electron chi connectivity index (χ4n) is 5.94. The molecule has 1 aromatic carbocycles. The van der Waals surface area contributed by atoms with E-state index in [1.54, 1.807) is 19.2 Å². The Morgan fingerprint density at radius 1 is 1.21 bits per heavy atom. The second-order valence-corrected chi connectivity index (χ2v) is 9.26. The lowest BCUT2D eigenvalue weighted by atomic mass is 9.52. The van der Waals surface area contributed by atoms with Crippen LogP contribution in [-0.4, -0.2) is 32.6 Å². The molecule has 4 aliphatic carbocycles. The van der Waals surface area contributed by atoms with Crippen molar-refractivity contribution in [1.29, 1.82) is 0 Å².